The van der Waals surface area contributed by atoms with Crippen LogP contribution in [0.3, 0.4) is 0 Å². The van der Waals surface area contributed by atoms with Crippen LogP contribution in [0.25, 0.3) is 0 Å². The summed E-state index contributed by atoms with van der Waals surface area (Å²) in [4.78, 5) is 31.3. The molecule has 8 heteroatoms. The lowest BCUT2D eigenvalue weighted by atomic mass is 9.85. The van der Waals surface area contributed by atoms with Gasteiger partial charge in [-0.1, -0.05) is 18.2 Å². The van der Waals surface area contributed by atoms with Crippen molar-refractivity contribution in [1.29, 1.82) is 0 Å². The summed E-state index contributed by atoms with van der Waals surface area (Å²) in [5.41, 5.74) is 0.756. The highest BCUT2D eigenvalue weighted by Gasteiger charge is 2.44. The molecular formula is C25H28F3N3O2. The van der Waals surface area contributed by atoms with Crippen LogP contribution in [0.5, 0.6) is 0 Å². The van der Waals surface area contributed by atoms with Gasteiger partial charge in [0.05, 0.1) is 16.5 Å². The minimum Gasteiger partial charge on any atom is -0.349 e. The lowest BCUT2D eigenvalue weighted by molar-refractivity contribution is -0.137. The molecule has 2 heterocycles. The number of aryl methyl sites for hydroxylation is 1. The second-order valence-electron chi connectivity index (χ2n) is 9.60. The molecule has 1 aliphatic carbocycles. The molecule has 2 aliphatic rings. The highest BCUT2D eigenvalue weighted by atomic mass is 19.4. The molecule has 1 fully saturated rings. The SMILES string of the molecule is Cc1ncc(C(F)(F)F)cc1C(=O)NC1CCC(CN2C(=O)C(C)(C)c3ccccc32)CC1. The first-order valence-electron chi connectivity index (χ1n) is 11.2. The molecule has 1 aromatic heterocycles. The number of nitrogens with zero attached hydrogens (tertiary/aromatic N) is 2. The van der Waals surface area contributed by atoms with Gasteiger partial charge in [-0.2, -0.15) is 13.2 Å². The Balaban J connectivity index is 1.37. The number of rotatable bonds is 4. The van der Waals surface area contributed by atoms with Crippen molar-refractivity contribution in [3.05, 3.63) is 58.9 Å². The summed E-state index contributed by atoms with van der Waals surface area (Å²) in [6, 6.07) is 8.64. The molecule has 0 saturated heterocycles. The van der Waals surface area contributed by atoms with E-state index in [-0.39, 0.29) is 23.2 Å². The van der Waals surface area contributed by atoms with Gasteiger partial charge in [0.2, 0.25) is 5.91 Å². The van der Waals surface area contributed by atoms with Gasteiger partial charge in [-0.25, -0.2) is 0 Å². The molecule has 5 nitrogen and oxygen atoms in total. The number of halogens is 3. The molecule has 0 atom stereocenters. The molecule has 1 aromatic carbocycles. The van der Waals surface area contributed by atoms with Gasteiger partial charge in [-0.3, -0.25) is 14.6 Å². The first-order chi connectivity index (χ1) is 15.5. The number of fused-ring (bicyclic) bond motifs is 1. The summed E-state index contributed by atoms with van der Waals surface area (Å²) < 4.78 is 39.0. The fraction of sp³-hybridized carbons (Fsp3) is 0.480. The van der Waals surface area contributed by atoms with E-state index in [9.17, 15) is 22.8 Å². The van der Waals surface area contributed by atoms with Crippen LogP contribution >= 0.6 is 0 Å². The standard InChI is InChI=1S/C25H28F3N3O2/c1-15-19(12-17(13-29-15)25(26,27)28)22(32)30-18-10-8-16(9-11-18)14-31-21-7-5-4-6-20(21)24(2,3)23(31)33/h4-7,12-13,16,18H,8-11,14H2,1-3H3,(H,30,32). The first kappa shape index (κ1) is 23.3. The van der Waals surface area contributed by atoms with Gasteiger partial charge in [-0.05, 0) is 70.1 Å². The Hall–Kier alpha value is -2.90. The third kappa shape index (κ3) is 4.48. The van der Waals surface area contributed by atoms with Crippen molar-refractivity contribution < 1.29 is 22.8 Å². The molecular weight excluding hydrogens is 431 g/mol. The van der Waals surface area contributed by atoms with Gasteiger partial charge in [-0.15, -0.1) is 0 Å². The number of carbonyl (C=O) groups is 2. The molecule has 176 valence electrons. The molecule has 2 amide bonds. The van der Waals surface area contributed by atoms with E-state index in [1.807, 2.05) is 43.0 Å². The van der Waals surface area contributed by atoms with Crippen LogP contribution in [0.2, 0.25) is 0 Å². The van der Waals surface area contributed by atoms with Crippen molar-refractivity contribution in [1.82, 2.24) is 10.3 Å². The average molecular weight is 460 g/mol. The summed E-state index contributed by atoms with van der Waals surface area (Å²) in [7, 11) is 0. The Morgan fingerprint density at radius 2 is 1.85 bits per heavy atom. The smallest absolute Gasteiger partial charge is 0.349 e. The summed E-state index contributed by atoms with van der Waals surface area (Å²) in [5.74, 6) is -0.118. The lowest BCUT2D eigenvalue weighted by Gasteiger charge is -2.32. The summed E-state index contributed by atoms with van der Waals surface area (Å²) in [6.07, 6.45) is -0.706. The van der Waals surface area contributed by atoms with Crippen LogP contribution < -0.4 is 10.2 Å². The molecule has 0 unspecified atom stereocenters. The molecule has 0 spiro atoms. The zero-order chi connectivity index (χ0) is 24.0. The van der Waals surface area contributed by atoms with Crippen LogP contribution in [-0.2, 0) is 16.4 Å². The third-order valence-corrected chi connectivity index (χ3v) is 6.93. The quantitative estimate of drug-likeness (QED) is 0.698. The molecule has 33 heavy (non-hydrogen) atoms. The van der Waals surface area contributed by atoms with E-state index in [1.165, 1.54) is 6.92 Å². The fourth-order valence-electron chi connectivity index (χ4n) is 4.91. The number of benzene rings is 1. The van der Waals surface area contributed by atoms with Gasteiger partial charge in [0.25, 0.3) is 5.91 Å². The number of amides is 2. The maximum Gasteiger partial charge on any atom is 0.417 e. The number of para-hydroxylation sites is 1. The van der Waals surface area contributed by atoms with Crippen molar-refractivity contribution >= 4 is 17.5 Å². The minimum atomic E-state index is -4.55. The van der Waals surface area contributed by atoms with Crippen molar-refractivity contribution in [3.63, 3.8) is 0 Å². The number of anilines is 1. The monoisotopic (exact) mass is 459 g/mol. The fourth-order valence-corrected chi connectivity index (χ4v) is 4.91. The molecule has 1 aliphatic heterocycles. The Morgan fingerprint density at radius 1 is 1.18 bits per heavy atom. The number of alkyl halides is 3. The van der Waals surface area contributed by atoms with E-state index in [4.69, 9.17) is 0 Å². The predicted molar refractivity (Wildman–Crippen MR) is 119 cm³/mol. The normalized spacial score (nSPS) is 22.2. The number of carbonyl (C=O) groups excluding carboxylic acids is 2. The Morgan fingerprint density at radius 3 is 2.52 bits per heavy atom. The second-order valence-corrected chi connectivity index (χ2v) is 9.60. The van der Waals surface area contributed by atoms with Crippen LogP contribution in [0.15, 0.2) is 36.5 Å². The van der Waals surface area contributed by atoms with E-state index < -0.39 is 23.1 Å². The molecule has 2 aromatic rings. The number of nitrogens with one attached hydrogen (secondary N) is 1. The van der Waals surface area contributed by atoms with Gasteiger partial charge in [0.1, 0.15) is 0 Å². The van der Waals surface area contributed by atoms with E-state index >= 15 is 0 Å². The summed E-state index contributed by atoms with van der Waals surface area (Å²) in [5, 5.41) is 2.88. The first-order valence-corrected chi connectivity index (χ1v) is 11.2. The Bertz CT molecular complexity index is 1070. The van der Waals surface area contributed by atoms with Gasteiger partial charge in [0.15, 0.2) is 0 Å². The minimum absolute atomic E-state index is 0.0477. The van der Waals surface area contributed by atoms with E-state index in [1.54, 1.807) is 0 Å². The van der Waals surface area contributed by atoms with E-state index in [2.05, 4.69) is 10.3 Å². The maximum atomic E-state index is 13.0. The third-order valence-electron chi connectivity index (χ3n) is 6.93. The van der Waals surface area contributed by atoms with Crippen molar-refractivity contribution in [3.8, 4) is 0 Å². The van der Waals surface area contributed by atoms with Crippen molar-refractivity contribution in [2.45, 2.75) is 64.1 Å². The number of hydrogen-bond donors (Lipinski definition) is 1. The summed E-state index contributed by atoms with van der Waals surface area (Å²) in [6.45, 7) is 6.06. The molecule has 0 radical (unpaired) electrons. The largest absolute Gasteiger partial charge is 0.417 e. The predicted octanol–water partition coefficient (Wildman–Crippen LogP) is 5.02. The molecule has 1 saturated carbocycles. The van der Waals surface area contributed by atoms with Gasteiger partial charge in [0, 0.05) is 30.2 Å². The molecule has 4 rings (SSSR count). The number of hydrogen-bond acceptors (Lipinski definition) is 3. The highest BCUT2D eigenvalue weighted by molar-refractivity contribution is 6.07. The van der Waals surface area contributed by atoms with Crippen LogP contribution in [0.1, 0.15) is 66.7 Å². The van der Waals surface area contributed by atoms with Crippen LogP contribution in [-0.4, -0.2) is 29.4 Å². The molecule has 0 bridgehead atoms. The Kier molecular flexibility index (Phi) is 5.97. The van der Waals surface area contributed by atoms with E-state index in [0.29, 0.717) is 12.5 Å². The molecule has 1 N–H and O–H groups in total. The maximum absolute atomic E-state index is 13.0. The topological polar surface area (TPSA) is 62.3 Å². The zero-order valence-corrected chi connectivity index (χ0v) is 19.0. The summed E-state index contributed by atoms with van der Waals surface area (Å²) >= 11 is 0. The van der Waals surface area contributed by atoms with Crippen molar-refractivity contribution in [2.24, 2.45) is 5.92 Å². The van der Waals surface area contributed by atoms with Crippen molar-refractivity contribution in [2.75, 3.05) is 11.4 Å². The second kappa shape index (κ2) is 8.47. The van der Waals surface area contributed by atoms with Crippen LogP contribution in [0, 0.1) is 12.8 Å². The number of aromatic nitrogens is 1. The van der Waals surface area contributed by atoms with Gasteiger partial charge < -0.3 is 10.2 Å². The average Bonchev–Trinajstić information content (AvgIpc) is 2.95. The highest BCUT2D eigenvalue weighted by Crippen LogP contribution is 2.42. The van der Waals surface area contributed by atoms with E-state index in [0.717, 1.165) is 49.2 Å². The zero-order valence-electron chi connectivity index (χ0n) is 19.0. The van der Waals surface area contributed by atoms with Gasteiger partial charge >= 0.3 is 6.18 Å². The Labute approximate surface area is 191 Å². The lowest BCUT2D eigenvalue weighted by Crippen LogP contribution is -2.42. The number of pyridine rings is 1. The van der Waals surface area contributed by atoms with Crippen LogP contribution in [0.4, 0.5) is 18.9 Å².